The quantitative estimate of drug-likeness (QED) is 0.897. The summed E-state index contributed by atoms with van der Waals surface area (Å²) in [6.45, 7) is 5.77. The number of thioether (sulfide) groups is 1. The van der Waals surface area contributed by atoms with E-state index in [2.05, 4.69) is 5.32 Å². The van der Waals surface area contributed by atoms with Crippen LogP contribution in [0.5, 0.6) is 0 Å². The fraction of sp³-hybridized carbons (Fsp3) is 0.385. The van der Waals surface area contributed by atoms with Gasteiger partial charge < -0.3 is 10.4 Å². The number of aromatic carboxylic acids is 1. The number of halogens is 2. The molecule has 7 heteroatoms. The number of amides is 1. The van der Waals surface area contributed by atoms with Gasteiger partial charge in [0.15, 0.2) is 11.6 Å². The van der Waals surface area contributed by atoms with Gasteiger partial charge in [-0.15, -0.1) is 11.8 Å². The van der Waals surface area contributed by atoms with Crippen LogP contribution in [0.3, 0.4) is 0 Å². The minimum atomic E-state index is -1.44. The van der Waals surface area contributed by atoms with Crippen LogP contribution in [-0.2, 0) is 4.79 Å². The van der Waals surface area contributed by atoms with E-state index in [9.17, 15) is 18.4 Å². The van der Waals surface area contributed by atoms with Gasteiger partial charge in [-0.1, -0.05) is 20.8 Å². The van der Waals surface area contributed by atoms with E-state index >= 15 is 0 Å². The average molecular weight is 303 g/mol. The molecule has 0 aliphatic heterocycles. The van der Waals surface area contributed by atoms with Gasteiger partial charge >= 0.3 is 5.97 Å². The van der Waals surface area contributed by atoms with Crippen LogP contribution < -0.4 is 5.32 Å². The van der Waals surface area contributed by atoms with Crippen molar-refractivity contribution in [2.45, 2.75) is 25.5 Å². The molecule has 0 aliphatic carbocycles. The summed E-state index contributed by atoms with van der Waals surface area (Å²) in [6, 6.07) is 1.21. The number of benzene rings is 1. The van der Waals surface area contributed by atoms with Crippen molar-refractivity contribution in [3.05, 3.63) is 29.3 Å². The summed E-state index contributed by atoms with van der Waals surface area (Å²) < 4.78 is 26.0. The Bertz CT molecular complexity index is 541. The Morgan fingerprint density at radius 1 is 1.25 bits per heavy atom. The van der Waals surface area contributed by atoms with Gasteiger partial charge in [0.1, 0.15) is 0 Å². The maximum absolute atomic E-state index is 13.1. The molecule has 0 saturated carbocycles. The lowest BCUT2D eigenvalue weighted by Gasteiger charge is -2.17. The van der Waals surface area contributed by atoms with E-state index in [4.69, 9.17) is 5.11 Å². The molecule has 2 N–H and O–H groups in total. The molecule has 0 atom stereocenters. The van der Waals surface area contributed by atoms with Crippen molar-refractivity contribution in [1.29, 1.82) is 0 Å². The van der Waals surface area contributed by atoms with Crippen LogP contribution in [0, 0.1) is 11.6 Å². The van der Waals surface area contributed by atoms with Crippen LogP contribution in [0.2, 0.25) is 0 Å². The second-order valence-corrected chi connectivity index (χ2v) is 6.87. The van der Waals surface area contributed by atoms with E-state index in [1.54, 1.807) is 0 Å². The van der Waals surface area contributed by atoms with E-state index in [-0.39, 0.29) is 16.2 Å². The van der Waals surface area contributed by atoms with Crippen LogP contribution in [-0.4, -0.2) is 27.5 Å². The van der Waals surface area contributed by atoms with E-state index in [1.807, 2.05) is 20.8 Å². The third kappa shape index (κ3) is 4.80. The van der Waals surface area contributed by atoms with Crippen molar-refractivity contribution in [2.75, 3.05) is 11.1 Å². The molecule has 0 saturated heterocycles. The molecule has 0 heterocycles. The van der Waals surface area contributed by atoms with Gasteiger partial charge in [-0.25, -0.2) is 13.6 Å². The number of carboxylic acids is 1. The zero-order chi connectivity index (χ0) is 15.5. The average Bonchev–Trinajstić information content (AvgIpc) is 2.29. The molecular formula is C13H15F2NO3S. The molecular weight excluding hydrogens is 288 g/mol. The van der Waals surface area contributed by atoms with Crippen LogP contribution >= 0.6 is 11.8 Å². The van der Waals surface area contributed by atoms with E-state index in [1.165, 1.54) is 11.8 Å². The molecule has 0 bridgehead atoms. The lowest BCUT2D eigenvalue weighted by Crippen LogP contribution is -2.20. The molecule has 1 amide bonds. The highest BCUT2D eigenvalue weighted by Gasteiger charge is 2.18. The zero-order valence-electron chi connectivity index (χ0n) is 11.3. The second kappa shape index (κ2) is 6.21. The zero-order valence-corrected chi connectivity index (χ0v) is 12.1. The van der Waals surface area contributed by atoms with Gasteiger partial charge in [0, 0.05) is 10.8 Å². The van der Waals surface area contributed by atoms with Gasteiger partial charge in [0.05, 0.1) is 17.0 Å². The molecule has 4 nitrogen and oxygen atoms in total. The largest absolute Gasteiger partial charge is 0.478 e. The summed E-state index contributed by atoms with van der Waals surface area (Å²) in [4.78, 5) is 22.6. The number of carbonyl (C=O) groups excluding carboxylic acids is 1. The number of hydrogen-bond donors (Lipinski definition) is 2. The van der Waals surface area contributed by atoms with Crippen molar-refractivity contribution < 1.29 is 23.5 Å². The van der Waals surface area contributed by atoms with Gasteiger partial charge in [0.25, 0.3) is 0 Å². The standard InChI is InChI=1S/C13H15F2NO3S/c1-13(2,3)20-6-11(17)16-10-5-9(15)8(14)4-7(10)12(18)19/h4-5H,6H2,1-3H3,(H,16,17)(H,18,19). The van der Waals surface area contributed by atoms with Crippen molar-refractivity contribution in [2.24, 2.45) is 0 Å². The first-order chi connectivity index (χ1) is 9.10. The van der Waals surface area contributed by atoms with Crippen LogP contribution in [0.15, 0.2) is 12.1 Å². The first-order valence-corrected chi connectivity index (χ1v) is 6.75. The number of hydrogen-bond acceptors (Lipinski definition) is 3. The Balaban J connectivity index is 2.89. The second-order valence-electron chi connectivity index (χ2n) is 5.07. The number of anilines is 1. The molecule has 0 unspecified atom stereocenters. The topological polar surface area (TPSA) is 66.4 Å². The van der Waals surface area contributed by atoms with Crippen molar-refractivity contribution in [1.82, 2.24) is 0 Å². The lowest BCUT2D eigenvalue weighted by atomic mass is 10.1. The summed E-state index contributed by atoms with van der Waals surface area (Å²) >= 11 is 1.36. The third-order valence-corrected chi connectivity index (χ3v) is 3.47. The normalized spacial score (nSPS) is 11.2. The smallest absolute Gasteiger partial charge is 0.337 e. The van der Waals surface area contributed by atoms with Gasteiger partial charge in [-0.3, -0.25) is 4.79 Å². The summed E-state index contributed by atoms with van der Waals surface area (Å²) in [5.74, 6) is -4.32. The Morgan fingerprint density at radius 2 is 1.80 bits per heavy atom. The molecule has 0 fully saturated rings. The van der Waals surface area contributed by atoms with Crippen molar-refractivity contribution in [3.63, 3.8) is 0 Å². The summed E-state index contributed by atoms with van der Waals surface area (Å²) in [6.07, 6.45) is 0. The predicted molar refractivity (Wildman–Crippen MR) is 74.2 cm³/mol. The van der Waals surface area contributed by atoms with Gasteiger partial charge in [-0.05, 0) is 6.07 Å². The molecule has 110 valence electrons. The van der Waals surface area contributed by atoms with Gasteiger partial charge in [0.2, 0.25) is 5.91 Å². The van der Waals surface area contributed by atoms with Crippen molar-refractivity contribution >= 4 is 29.3 Å². The summed E-state index contributed by atoms with van der Waals surface area (Å²) in [5.41, 5.74) is -0.742. The number of carbonyl (C=O) groups is 2. The third-order valence-electron chi connectivity index (χ3n) is 2.20. The highest BCUT2D eigenvalue weighted by atomic mass is 32.2. The summed E-state index contributed by atoms with van der Waals surface area (Å²) in [5, 5.41) is 11.2. The Hall–Kier alpha value is -1.63. The minimum absolute atomic E-state index is 0.0849. The van der Waals surface area contributed by atoms with Crippen LogP contribution in [0.1, 0.15) is 31.1 Å². The first kappa shape index (κ1) is 16.4. The Morgan fingerprint density at radius 3 is 2.30 bits per heavy atom. The van der Waals surface area contributed by atoms with Crippen LogP contribution in [0.25, 0.3) is 0 Å². The van der Waals surface area contributed by atoms with Crippen molar-refractivity contribution in [3.8, 4) is 0 Å². The van der Waals surface area contributed by atoms with E-state index < -0.39 is 29.1 Å². The monoisotopic (exact) mass is 303 g/mol. The predicted octanol–water partition coefficient (Wildman–Crippen LogP) is 3.13. The number of nitrogens with one attached hydrogen (secondary N) is 1. The Labute approximate surface area is 119 Å². The number of rotatable bonds is 4. The number of carboxylic acid groups (broad SMARTS) is 1. The fourth-order valence-electron chi connectivity index (χ4n) is 1.30. The van der Waals surface area contributed by atoms with Gasteiger partial charge in [-0.2, -0.15) is 0 Å². The molecule has 0 aromatic heterocycles. The van der Waals surface area contributed by atoms with E-state index in [0.29, 0.717) is 12.1 Å². The van der Waals surface area contributed by atoms with Crippen LogP contribution in [0.4, 0.5) is 14.5 Å². The molecule has 1 rings (SSSR count). The molecule has 0 radical (unpaired) electrons. The molecule has 0 aliphatic rings. The summed E-state index contributed by atoms with van der Waals surface area (Å²) in [7, 11) is 0. The highest BCUT2D eigenvalue weighted by molar-refractivity contribution is 8.01. The molecule has 1 aromatic rings. The highest BCUT2D eigenvalue weighted by Crippen LogP contribution is 2.24. The minimum Gasteiger partial charge on any atom is -0.478 e. The molecule has 0 spiro atoms. The van der Waals surface area contributed by atoms with E-state index in [0.717, 1.165) is 0 Å². The fourth-order valence-corrected chi connectivity index (χ4v) is 1.93. The first-order valence-electron chi connectivity index (χ1n) is 5.76. The maximum Gasteiger partial charge on any atom is 0.337 e. The molecule has 20 heavy (non-hydrogen) atoms. The molecule has 1 aromatic carbocycles. The lowest BCUT2D eigenvalue weighted by molar-refractivity contribution is -0.113. The Kier molecular flexibility index (Phi) is 5.10. The maximum atomic E-state index is 13.1. The SMILES string of the molecule is CC(C)(C)SCC(=O)Nc1cc(F)c(F)cc1C(=O)O.